The van der Waals surface area contributed by atoms with Crippen LogP contribution in [0.4, 0.5) is 10.1 Å². The summed E-state index contributed by atoms with van der Waals surface area (Å²) in [6.07, 6.45) is 0.556. The van der Waals surface area contributed by atoms with E-state index in [1.54, 1.807) is 19.2 Å². The molecule has 0 spiro atoms. The molecule has 6 nitrogen and oxygen atoms in total. The van der Waals surface area contributed by atoms with Crippen LogP contribution in [-0.4, -0.2) is 28.0 Å². The van der Waals surface area contributed by atoms with E-state index in [2.05, 4.69) is 10.0 Å². The lowest BCUT2D eigenvalue weighted by Crippen LogP contribution is -2.27. The van der Waals surface area contributed by atoms with Crippen LogP contribution in [0.3, 0.4) is 0 Å². The molecule has 0 aromatic heterocycles. The Kier molecular flexibility index (Phi) is 6.91. The summed E-state index contributed by atoms with van der Waals surface area (Å²) in [6, 6.07) is 16.6. The van der Waals surface area contributed by atoms with E-state index in [0.717, 1.165) is 41.1 Å². The number of ether oxygens (including phenoxy) is 1. The number of hydrogen-bond acceptors (Lipinski definition) is 4. The Balaban J connectivity index is 1.72. The minimum atomic E-state index is -3.98. The summed E-state index contributed by atoms with van der Waals surface area (Å²) in [5, 5.41) is 2.81. The molecule has 0 saturated carbocycles. The van der Waals surface area contributed by atoms with Crippen LogP contribution in [-0.2, 0) is 16.4 Å². The Morgan fingerprint density at radius 2 is 1.74 bits per heavy atom. The predicted octanol–water partition coefficient (Wildman–Crippen LogP) is 3.92. The van der Waals surface area contributed by atoms with E-state index in [1.165, 1.54) is 12.1 Å². The molecule has 0 aliphatic rings. The van der Waals surface area contributed by atoms with Crippen LogP contribution in [0.5, 0.6) is 5.75 Å². The van der Waals surface area contributed by atoms with Gasteiger partial charge in [-0.25, -0.2) is 12.8 Å². The molecule has 3 aromatic rings. The predicted molar refractivity (Wildman–Crippen MR) is 117 cm³/mol. The van der Waals surface area contributed by atoms with E-state index in [9.17, 15) is 17.6 Å². The van der Waals surface area contributed by atoms with Gasteiger partial charge >= 0.3 is 0 Å². The Labute approximate surface area is 181 Å². The Hall–Kier alpha value is -3.39. The number of rotatable bonds is 8. The SMILES string of the molecule is COc1ccc(C)cc1CCNC(=O)c1ccccc1NS(=O)(=O)c1ccc(F)cc1. The van der Waals surface area contributed by atoms with Crippen molar-refractivity contribution in [2.75, 3.05) is 18.4 Å². The molecule has 0 saturated heterocycles. The number of benzene rings is 3. The zero-order chi connectivity index (χ0) is 22.4. The van der Waals surface area contributed by atoms with Gasteiger partial charge in [-0.15, -0.1) is 0 Å². The molecule has 2 N–H and O–H groups in total. The summed E-state index contributed by atoms with van der Waals surface area (Å²) in [4.78, 5) is 12.6. The van der Waals surface area contributed by atoms with Gasteiger partial charge in [0.25, 0.3) is 15.9 Å². The summed E-state index contributed by atoms with van der Waals surface area (Å²) in [6.45, 7) is 2.32. The second-order valence-corrected chi connectivity index (χ2v) is 8.61. The van der Waals surface area contributed by atoms with Crippen molar-refractivity contribution in [2.24, 2.45) is 0 Å². The second-order valence-electron chi connectivity index (χ2n) is 6.93. The van der Waals surface area contributed by atoms with Crippen molar-refractivity contribution >= 4 is 21.6 Å². The van der Waals surface area contributed by atoms with Crippen molar-refractivity contribution < 1.29 is 22.3 Å². The number of carbonyl (C=O) groups is 1. The van der Waals surface area contributed by atoms with Crippen molar-refractivity contribution in [3.05, 3.63) is 89.2 Å². The fourth-order valence-corrected chi connectivity index (χ4v) is 4.18. The number of aryl methyl sites for hydroxylation is 1. The summed E-state index contributed by atoms with van der Waals surface area (Å²) in [5.41, 5.74) is 2.37. The largest absolute Gasteiger partial charge is 0.496 e. The minimum Gasteiger partial charge on any atom is -0.496 e. The molecular weight excluding hydrogens is 419 g/mol. The standard InChI is InChI=1S/C23H23FN2O4S/c1-16-7-12-22(30-2)17(15-16)13-14-25-23(27)20-5-3-4-6-21(20)26-31(28,29)19-10-8-18(24)9-11-19/h3-12,15,26H,13-14H2,1-2H3,(H,25,27). The molecule has 0 aliphatic carbocycles. The first kappa shape index (κ1) is 22.3. The first-order chi connectivity index (χ1) is 14.8. The Morgan fingerprint density at radius 1 is 1.03 bits per heavy atom. The zero-order valence-electron chi connectivity index (χ0n) is 17.2. The van der Waals surface area contributed by atoms with E-state index < -0.39 is 21.7 Å². The van der Waals surface area contributed by atoms with Crippen LogP contribution in [0.1, 0.15) is 21.5 Å². The number of carbonyl (C=O) groups excluding carboxylic acids is 1. The van der Waals surface area contributed by atoms with Gasteiger partial charge in [0, 0.05) is 6.54 Å². The van der Waals surface area contributed by atoms with Gasteiger partial charge in [0.15, 0.2) is 0 Å². The molecule has 0 radical (unpaired) electrons. The van der Waals surface area contributed by atoms with E-state index >= 15 is 0 Å². The molecule has 162 valence electrons. The fraction of sp³-hybridized carbons (Fsp3) is 0.174. The first-order valence-electron chi connectivity index (χ1n) is 9.59. The van der Waals surface area contributed by atoms with Crippen LogP contribution in [0.25, 0.3) is 0 Å². The van der Waals surface area contributed by atoms with Gasteiger partial charge in [0.05, 0.1) is 23.3 Å². The van der Waals surface area contributed by atoms with E-state index in [1.807, 2.05) is 25.1 Å². The quantitative estimate of drug-likeness (QED) is 0.554. The van der Waals surface area contributed by atoms with Crippen LogP contribution >= 0.6 is 0 Å². The number of sulfonamides is 1. The molecular formula is C23H23FN2O4S. The van der Waals surface area contributed by atoms with E-state index in [-0.39, 0.29) is 16.1 Å². The average Bonchev–Trinajstić information content (AvgIpc) is 2.74. The molecule has 0 aliphatic heterocycles. The maximum Gasteiger partial charge on any atom is 0.261 e. The molecule has 0 fully saturated rings. The summed E-state index contributed by atoms with van der Waals surface area (Å²) >= 11 is 0. The number of nitrogens with one attached hydrogen (secondary N) is 2. The van der Waals surface area contributed by atoms with Crippen LogP contribution in [0.2, 0.25) is 0 Å². The first-order valence-corrected chi connectivity index (χ1v) is 11.1. The molecule has 0 atom stereocenters. The molecule has 0 bridgehead atoms. The normalized spacial score (nSPS) is 11.1. The number of methoxy groups -OCH3 is 1. The third-order valence-corrected chi connectivity index (χ3v) is 6.04. The van der Waals surface area contributed by atoms with E-state index in [0.29, 0.717) is 13.0 Å². The third-order valence-electron chi connectivity index (χ3n) is 4.66. The molecule has 31 heavy (non-hydrogen) atoms. The van der Waals surface area contributed by atoms with Crippen molar-refractivity contribution in [1.82, 2.24) is 5.32 Å². The van der Waals surface area contributed by atoms with Gasteiger partial charge in [0.2, 0.25) is 0 Å². The van der Waals surface area contributed by atoms with Crippen LogP contribution < -0.4 is 14.8 Å². The van der Waals surface area contributed by atoms with Crippen LogP contribution in [0.15, 0.2) is 71.6 Å². The molecule has 0 unspecified atom stereocenters. The fourth-order valence-electron chi connectivity index (χ4n) is 3.10. The number of anilines is 1. The third kappa shape index (κ3) is 5.61. The topological polar surface area (TPSA) is 84.5 Å². The molecule has 3 aromatic carbocycles. The lowest BCUT2D eigenvalue weighted by Gasteiger charge is -2.14. The highest BCUT2D eigenvalue weighted by Crippen LogP contribution is 2.22. The Bertz CT molecular complexity index is 1180. The van der Waals surface area contributed by atoms with Crippen molar-refractivity contribution in [3.8, 4) is 5.75 Å². The number of amides is 1. The van der Waals surface area contributed by atoms with Crippen molar-refractivity contribution in [1.29, 1.82) is 0 Å². The van der Waals surface area contributed by atoms with Gasteiger partial charge in [-0.1, -0.05) is 29.8 Å². The van der Waals surface area contributed by atoms with Gasteiger partial charge in [-0.3, -0.25) is 9.52 Å². The van der Waals surface area contributed by atoms with Crippen molar-refractivity contribution in [3.63, 3.8) is 0 Å². The summed E-state index contributed by atoms with van der Waals surface area (Å²) in [7, 11) is -2.38. The number of hydrogen-bond donors (Lipinski definition) is 2. The van der Waals surface area contributed by atoms with E-state index in [4.69, 9.17) is 4.74 Å². The smallest absolute Gasteiger partial charge is 0.261 e. The number of halogens is 1. The summed E-state index contributed by atoms with van der Waals surface area (Å²) < 4.78 is 46.1. The highest BCUT2D eigenvalue weighted by atomic mass is 32.2. The maximum absolute atomic E-state index is 13.1. The van der Waals surface area contributed by atoms with Crippen LogP contribution in [0, 0.1) is 12.7 Å². The highest BCUT2D eigenvalue weighted by molar-refractivity contribution is 7.92. The van der Waals surface area contributed by atoms with Crippen molar-refractivity contribution in [2.45, 2.75) is 18.2 Å². The maximum atomic E-state index is 13.1. The molecule has 1 amide bonds. The van der Waals surface area contributed by atoms with Gasteiger partial charge < -0.3 is 10.1 Å². The zero-order valence-corrected chi connectivity index (χ0v) is 18.0. The lowest BCUT2D eigenvalue weighted by atomic mass is 10.1. The Morgan fingerprint density at radius 3 is 2.45 bits per heavy atom. The molecule has 3 rings (SSSR count). The lowest BCUT2D eigenvalue weighted by molar-refractivity contribution is 0.0955. The van der Waals surface area contributed by atoms with Gasteiger partial charge in [-0.2, -0.15) is 0 Å². The monoisotopic (exact) mass is 442 g/mol. The molecule has 0 heterocycles. The summed E-state index contributed by atoms with van der Waals surface area (Å²) in [5.74, 6) is -0.208. The average molecular weight is 443 g/mol. The minimum absolute atomic E-state index is 0.101. The van der Waals surface area contributed by atoms with Gasteiger partial charge in [-0.05, 0) is 61.4 Å². The molecule has 8 heteroatoms. The second kappa shape index (κ2) is 9.61. The highest BCUT2D eigenvalue weighted by Gasteiger charge is 2.18. The number of para-hydroxylation sites is 1. The van der Waals surface area contributed by atoms with Gasteiger partial charge in [0.1, 0.15) is 11.6 Å².